The number of carbonyl (C=O) groups is 2. The molecular weight excluding hydrogens is 234 g/mol. The van der Waals surface area contributed by atoms with Crippen LogP contribution in [-0.2, 0) is 9.59 Å². The molecule has 0 fully saturated rings. The van der Waals surface area contributed by atoms with Gasteiger partial charge in [-0.25, -0.2) is 0 Å². The van der Waals surface area contributed by atoms with Gasteiger partial charge in [-0.05, 0) is 0 Å². The maximum absolute atomic E-state index is 10.9. The van der Waals surface area contributed by atoms with Crippen LogP contribution in [-0.4, -0.2) is 26.4 Å². The molecule has 0 saturated heterocycles. The molecule has 0 bridgehead atoms. The highest BCUT2D eigenvalue weighted by Crippen LogP contribution is 2.35. The highest BCUT2D eigenvalue weighted by molar-refractivity contribution is 6.33. The molecule has 86 valence electrons. The van der Waals surface area contributed by atoms with Crippen LogP contribution in [0.4, 0.5) is 5.69 Å². The van der Waals surface area contributed by atoms with Gasteiger partial charge in [0, 0.05) is 12.1 Å². The second-order valence-corrected chi connectivity index (χ2v) is 3.20. The summed E-state index contributed by atoms with van der Waals surface area (Å²) in [5.41, 5.74) is 0.320. The Morgan fingerprint density at radius 3 is 2.44 bits per heavy atom. The third-order valence-electron chi connectivity index (χ3n) is 1.84. The number of methoxy groups -OCH3 is 2. The summed E-state index contributed by atoms with van der Waals surface area (Å²) in [4.78, 5) is 21.1. The van der Waals surface area contributed by atoms with Crippen LogP contribution in [0.1, 0.15) is 0 Å². The van der Waals surface area contributed by atoms with Crippen molar-refractivity contribution in [2.24, 2.45) is 0 Å². The van der Waals surface area contributed by atoms with Crippen LogP contribution in [0.15, 0.2) is 12.1 Å². The molecule has 0 aliphatic rings. The van der Waals surface area contributed by atoms with E-state index in [1.54, 1.807) is 0 Å². The monoisotopic (exact) mass is 243 g/mol. The summed E-state index contributed by atoms with van der Waals surface area (Å²) in [5.74, 6) is -0.0488. The largest absolute Gasteiger partial charge is 0.495 e. The van der Waals surface area contributed by atoms with E-state index in [4.69, 9.17) is 21.1 Å². The van der Waals surface area contributed by atoms with Crippen LogP contribution in [0.2, 0.25) is 5.02 Å². The second kappa shape index (κ2) is 5.37. The van der Waals surface area contributed by atoms with E-state index in [2.05, 4.69) is 5.32 Å². The average molecular weight is 244 g/mol. The van der Waals surface area contributed by atoms with Crippen LogP contribution < -0.4 is 14.8 Å². The van der Waals surface area contributed by atoms with E-state index in [1.807, 2.05) is 0 Å². The zero-order chi connectivity index (χ0) is 12.1. The van der Waals surface area contributed by atoms with Gasteiger partial charge in [-0.15, -0.1) is 0 Å². The number of anilines is 1. The number of halogens is 1. The van der Waals surface area contributed by atoms with Gasteiger partial charge in [0.2, 0.25) is 6.29 Å². The summed E-state index contributed by atoms with van der Waals surface area (Å²) in [6.45, 7) is 0. The summed E-state index contributed by atoms with van der Waals surface area (Å²) in [6.07, 6.45) is 0.167. The predicted octanol–water partition coefficient (Wildman–Crippen LogP) is 1.49. The molecule has 6 heteroatoms. The Bertz CT molecular complexity index is 420. The second-order valence-electron chi connectivity index (χ2n) is 2.79. The van der Waals surface area contributed by atoms with Crippen LogP contribution in [0.5, 0.6) is 11.5 Å². The highest BCUT2D eigenvalue weighted by Gasteiger charge is 2.11. The molecule has 0 spiro atoms. The number of carbonyl (C=O) groups excluding carboxylic acids is 2. The zero-order valence-electron chi connectivity index (χ0n) is 8.74. The van der Waals surface area contributed by atoms with Crippen molar-refractivity contribution in [3.8, 4) is 11.5 Å². The minimum atomic E-state index is -0.775. The van der Waals surface area contributed by atoms with Gasteiger partial charge >= 0.3 is 0 Å². The Hall–Kier alpha value is -1.75. The number of rotatable bonds is 4. The summed E-state index contributed by atoms with van der Waals surface area (Å²) in [6, 6.07) is 2.96. The van der Waals surface area contributed by atoms with Crippen molar-refractivity contribution in [1.82, 2.24) is 0 Å². The van der Waals surface area contributed by atoms with E-state index >= 15 is 0 Å². The van der Waals surface area contributed by atoms with Gasteiger partial charge in [-0.1, -0.05) is 11.6 Å². The van der Waals surface area contributed by atoms with Crippen LogP contribution >= 0.6 is 11.6 Å². The van der Waals surface area contributed by atoms with Crippen molar-refractivity contribution in [3.63, 3.8) is 0 Å². The lowest BCUT2D eigenvalue weighted by Crippen LogP contribution is -2.13. The average Bonchev–Trinajstić information content (AvgIpc) is 2.30. The number of benzene rings is 1. The molecule has 5 nitrogen and oxygen atoms in total. The van der Waals surface area contributed by atoms with Crippen molar-refractivity contribution < 1.29 is 19.1 Å². The Morgan fingerprint density at radius 1 is 1.31 bits per heavy atom. The summed E-state index contributed by atoms with van der Waals surface area (Å²) in [7, 11) is 2.87. The van der Waals surface area contributed by atoms with Crippen LogP contribution in [0.25, 0.3) is 0 Å². The minimum absolute atomic E-state index is 0.167. The Balaban J connectivity index is 3.14. The van der Waals surface area contributed by atoms with Crippen molar-refractivity contribution >= 4 is 29.5 Å². The Labute approximate surface area is 97.3 Å². The fraction of sp³-hybridized carbons (Fsp3) is 0.200. The molecule has 0 radical (unpaired) electrons. The lowest BCUT2D eigenvalue weighted by atomic mass is 10.2. The van der Waals surface area contributed by atoms with Gasteiger partial charge in [-0.2, -0.15) is 0 Å². The van der Waals surface area contributed by atoms with Gasteiger partial charge in [0.1, 0.15) is 11.5 Å². The van der Waals surface area contributed by atoms with Crippen molar-refractivity contribution in [2.75, 3.05) is 19.5 Å². The normalized spacial score (nSPS) is 9.44. The number of amides is 1. The molecule has 0 atom stereocenters. The first-order valence-electron chi connectivity index (χ1n) is 4.30. The fourth-order valence-electron chi connectivity index (χ4n) is 1.12. The lowest BCUT2D eigenvalue weighted by molar-refractivity contribution is -0.127. The predicted molar refractivity (Wildman–Crippen MR) is 59.2 cm³/mol. The first-order valence-corrected chi connectivity index (χ1v) is 4.67. The topological polar surface area (TPSA) is 64.6 Å². The maximum Gasteiger partial charge on any atom is 0.288 e. The third-order valence-corrected chi connectivity index (χ3v) is 2.13. The van der Waals surface area contributed by atoms with Gasteiger partial charge in [0.25, 0.3) is 5.91 Å². The van der Waals surface area contributed by atoms with E-state index < -0.39 is 5.91 Å². The van der Waals surface area contributed by atoms with Gasteiger partial charge in [-0.3, -0.25) is 9.59 Å². The number of aldehydes is 1. The van der Waals surface area contributed by atoms with Gasteiger partial charge in [0.05, 0.1) is 24.9 Å². The lowest BCUT2D eigenvalue weighted by Gasteiger charge is -2.11. The molecule has 0 aliphatic heterocycles. The van der Waals surface area contributed by atoms with E-state index in [0.29, 0.717) is 22.2 Å². The third kappa shape index (κ3) is 2.64. The molecule has 0 heterocycles. The van der Waals surface area contributed by atoms with Crippen LogP contribution in [0.3, 0.4) is 0 Å². The number of hydrogen-bond donors (Lipinski definition) is 1. The van der Waals surface area contributed by atoms with E-state index in [0.717, 1.165) is 0 Å². The summed E-state index contributed by atoms with van der Waals surface area (Å²) >= 11 is 5.86. The molecule has 0 aromatic heterocycles. The maximum atomic E-state index is 10.9. The summed E-state index contributed by atoms with van der Waals surface area (Å²) < 4.78 is 9.97. The molecule has 1 N–H and O–H groups in total. The van der Waals surface area contributed by atoms with Crippen molar-refractivity contribution in [2.45, 2.75) is 0 Å². The van der Waals surface area contributed by atoms with E-state index in [1.165, 1.54) is 26.4 Å². The first-order chi connectivity index (χ1) is 7.62. The standard InChI is InChI=1S/C10H10ClNO4/c1-15-8-4-7(12-10(14)5-13)9(16-2)3-6(8)11/h3-5H,1-2H3,(H,12,14). The van der Waals surface area contributed by atoms with Gasteiger partial charge < -0.3 is 14.8 Å². The molecule has 0 aliphatic carbocycles. The minimum Gasteiger partial charge on any atom is -0.495 e. The van der Waals surface area contributed by atoms with E-state index in [-0.39, 0.29) is 6.29 Å². The van der Waals surface area contributed by atoms with Crippen molar-refractivity contribution in [1.29, 1.82) is 0 Å². The molecule has 1 aromatic carbocycles. The SMILES string of the molecule is COc1cc(NC(=O)C=O)c(OC)cc1Cl. The van der Waals surface area contributed by atoms with Crippen molar-refractivity contribution in [3.05, 3.63) is 17.2 Å². The zero-order valence-corrected chi connectivity index (χ0v) is 9.50. The van der Waals surface area contributed by atoms with Gasteiger partial charge in [0.15, 0.2) is 0 Å². The molecule has 0 unspecified atom stereocenters. The molecular formula is C10H10ClNO4. The molecule has 1 aromatic rings. The number of hydrogen-bond acceptors (Lipinski definition) is 4. The van der Waals surface area contributed by atoms with E-state index in [9.17, 15) is 9.59 Å². The Kier molecular flexibility index (Phi) is 4.13. The fourth-order valence-corrected chi connectivity index (χ4v) is 1.35. The van der Waals surface area contributed by atoms with Crippen LogP contribution in [0, 0.1) is 0 Å². The number of ether oxygens (including phenoxy) is 2. The highest BCUT2D eigenvalue weighted by atomic mass is 35.5. The first kappa shape index (κ1) is 12.3. The molecule has 1 rings (SSSR count). The smallest absolute Gasteiger partial charge is 0.288 e. The number of nitrogens with one attached hydrogen (secondary N) is 1. The quantitative estimate of drug-likeness (QED) is 0.643. The molecule has 0 saturated carbocycles. The summed E-state index contributed by atoms with van der Waals surface area (Å²) in [5, 5.41) is 2.69. The molecule has 1 amide bonds. The Morgan fingerprint density at radius 2 is 1.94 bits per heavy atom. The molecule has 16 heavy (non-hydrogen) atoms.